The molecule has 1 aromatic rings. The average molecular weight is 347 g/mol. The predicted octanol–water partition coefficient (Wildman–Crippen LogP) is 2.84. The number of hydrogen-bond acceptors (Lipinski definition) is 5. The van der Waals surface area contributed by atoms with Gasteiger partial charge in [0.15, 0.2) is 0 Å². The molecule has 25 heavy (non-hydrogen) atoms. The molecule has 6 nitrogen and oxygen atoms in total. The lowest BCUT2D eigenvalue weighted by Crippen LogP contribution is -2.43. The van der Waals surface area contributed by atoms with Crippen LogP contribution in [0.1, 0.15) is 45.4 Å². The minimum absolute atomic E-state index is 0.0577. The van der Waals surface area contributed by atoms with Crippen molar-refractivity contribution < 1.29 is 14.3 Å². The fraction of sp³-hybridized carbons (Fsp3) is 0.684. The van der Waals surface area contributed by atoms with Gasteiger partial charge in [0, 0.05) is 25.8 Å². The van der Waals surface area contributed by atoms with Gasteiger partial charge in [0.05, 0.1) is 11.9 Å². The summed E-state index contributed by atoms with van der Waals surface area (Å²) in [5.74, 6) is 0.561. The normalized spacial score (nSPS) is 21.2. The second-order valence-electron chi connectivity index (χ2n) is 7.09. The molecule has 0 atom stereocenters. The van der Waals surface area contributed by atoms with Crippen LogP contribution in [-0.4, -0.2) is 54.2 Å². The minimum atomic E-state index is -0.669. The summed E-state index contributed by atoms with van der Waals surface area (Å²) in [5, 5.41) is 2.96. The molecule has 0 radical (unpaired) electrons. The molecule has 2 aliphatic rings. The molecule has 1 N–H and O–H groups in total. The molecule has 1 saturated carbocycles. The molecule has 3 rings (SSSR count). The number of amides is 1. The van der Waals surface area contributed by atoms with Gasteiger partial charge in [-0.3, -0.25) is 4.79 Å². The molecule has 1 saturated heterocycles. The second kappa shape index (κ2) is 8.15. The highest BCUT2D eigenvalue weighted by Crippen LogP contribution is 2.34. The first-order valence-electron chi connectivity index (χ1n) is 9.38. The molecule has 1 aromatic heterocycles. The Morgan fingerprint density at radius 3 is 2.64 bits per heavy atom. The molecule has 0 aromatic carbocycles. The van der Waals surface area contributed by atoms with Crippen molar-refractivity contribution in [1.82, 2.24) is 9.88 Å². The quantitative estimate of drug-likeness (QED) is 0.857. The summed E-state index contributed by atoms with van der Waals surface area (Å²) in [6, 6.07) is 3.68. The van der Waals surface area contributed by atoms with E-state index < -0.39 is 5.60 Å². The lowest BCUT2D eigenvalue weighted by atomic mass is 10.0. The largest absolute Gasteiger partial charge is 0.474 e. The van der Waals surface area contributed by atoms with Crippen molar-refractivity contribution in [2.24, 2.45) is 0 Å². The van der Waals surface area contributed by atoms with Crippen molar-refractivity contribution in [2.45, 2.75) is 57.2 Å². The smallest absolute Gasteiger partial charge is 0.256 e. The summed E-state index contributed by atoms with van der Waals surface area (Å²) in [4.78, 5) is 19.3. The lowest BCUT2D eigenvalue weighted by molar-refractivity contribution is -0.140. The molecule has 2 fully saturated rings. The van der Waals surface area contributed by atoms with Crippen molar-refractivity contribution in [3.8, 4) is 5.88 Å². The van der Waals surface area contributed by atoms with E-state index in [9.17, 15) is 4.79 Å². The molecule has 1 aliphatic heterocycles. The number of carbonyl (C=O) groups excluding carboxylic acids is 1. The Bertz CT molecular complexity index is 562. The second-order valence-corrected chi connectivity index (χ2v) is 7.09. The van der Waals surface area contributed by atoms with Gasteiger partial charge in [0.1, 0.15) is 11.7 Å². The van der Waals surface area contributed by atoms with E-state index in [0.29, 0.717) is 18.2 Å². The zero-order chi connectivity index (χ0) is 17.7. The van der Waals surface area contributed by atoms with Gasteiger partial charge in [-0.25, -0.2) is 4.98 Å². The van der Waals surface area contributed by atoms with Crippen LogP contribution in [0.4, 0.5) is 5.69 Å². The van der Waals surface area contributed by atoms with E-state index in [1.54, 1.807) is 6.20 Å². The molecular weight excluding hydrogens is 318 g/mol. The molecule has 0 bridgehead atoms. The highest BCUT2D eigenvalue weighted by molar-refractivity contribution is 5.97. The molecule has 0 unspecified atom stereocenters. The summed E-state index contributed by atoms with van der Waals surface area (Å²) >= 11 is 0. The fourth-order valence-corrected chi connectivity index (χ4v) is 3.70. The van der Waals surface area contributed by atoms with Crippen LogP contribution in [-0.2, 0) is 9.53 Å². The number of nitrogens with one attached hydrogen (secondary N) is 1. The Balaban J connectivity index is 1.56. The van der Waals surface area contributed by atoms with Gasteiger partial charge in [0.25, 0.3) is 5.91 Å². The zero-order valence-corrected chi connectivity index (χ0v) is 15.3. The Labute approximate surface area is 149 Å². The maximum atomic E-state index is 12.7. The number of ether oxygens (including phenoxy) is 2. The SMILES string of the molecule is CCOC1(C(=O)Nc2ccc(OC3CCN(C)CC3)nc2)CCCC1. The summed E-state index contributed by atoms with van der Waals surface area (Å²) in [5.41, 5.74) is 0.0182. The van der Waals surface area contributed by atoms with Crippen LogP contribution in [0, 0.1) is 0 Å². The number of rotatable bonds is 6. The van der Waals surface area contributed by atoms with E-state index in [1.807, 2.05) is 19.1 Å². The van der Waals surface area contributed by atoms with Gasteiger partial charge in [-0.1, -0.05) is 0 Å². The Morgan fingerprint density at radius 2 is 2.04 bits per heavy atom. The van der Waals surface area contributed by atoms with E-state index in [4.69, 9.17) is 9.47 Å². The van der Waals surface area contributed by atoms with E-state index >= 15 is 0 Å². The average Bonchev–Trinajstić information content (AvgIpc) is 3.09. The number of pyridine rings is 1. The van der Waals surface area contributed by atoms with Gasteiger partial charge < -0.3 is 19.7 Å². The predicted molar refractivity (Wildman–Crippen MR) is 96.8 cm³/mol. The highest BCUT2D eigenvalue weighted by atomic mass is 16.5. The van der Waals surface area contributed by atoms with Crippen molar-refractivity contribution in [2.75, 3.05) is 32.1 Å². The van der Waals surface area contributed by atoms with Crippen LogP contribution in [0.3, 0.4) is 0 Å². The number of likely N-dealkylation sites (tertiary alicyclic amines) is 1. The Kier molecular flexibility index (Phi) is 5.91. The molecule has 2 heterocycles. The van der Waals surface area contributed by atoms with Gasteiger partial charge in [-0.15, -0.1) is 0 Å². The molecule has 138 valence electrons. The maximum absolute atomic E-state index is 12.7. The van der Waals surface area contributed by atoms with E-state index in [0.717, 1.165) is 51.6 Å². The summed E-state index contributed by atoms with van der Waals surface area (Å²) in [6.07, 6.45) is 7.58. The monoisotopic (exact) mass is 347 g/mol. The number of hydrogen-bond donors (Lipinski definition) is 1. The third kappa shape index (κ3) is 4.50. The van der Waals surface area contributed by atoms with E-state index in [1.165, 1.54) is 0 Å². The standard InChI is InChI=1S/C19H29N3O3/c1-3-24-19(10-4-5-11-19)18(23)21-15-6-7-17(20-14-15)25-16-8-12-22(2)13-9-16/h6-7,14,16H,3-5,8-13H2,1-2H3,(H,21,23). The molecule has 0 spiro atoms. The van der Waals surface area contributed by atoms with Gasteiger partial charge in [-0.05, 0) is 58.6 Å². The minimum Gasteiger partial charge on any atom is -0.474 e. The molecular formula is C19H29N3O3. The zero-order valence-electron chi connectivity index (χ0n) is 15.3. The molecule has 1 aliphatic carbocycles. The van der Waals surface area contributed by atoms with Gasteiger partial charge in [-0.2, -0.15) is 0 Å². The third-order valence-electron chi connectivity index (χ3n) is 5.19. The molecule has 6 heteroatoms. The highest BCUT2D eigenvalue weighted by Gasteiger charge is 2.42. The first-order valence-corrected chi connectivity index (χ1v) is 9.38. The van der Waals surface area contributed by atoms with Gasteiger partial charge >= 0.3 is 0 Å². The van der Waals surface area contributed by atoms with E-state index in [-0.39, 0.29) is 12.0 Å². The Hall–Kier alpha value is -1.66. The number of nitrogens with zero attached hydrogens (tertiary/aromatic N) is 2. The van der Waals surface area contributed by atoms with Crippen molar-refractivity contribution in [3.63, 3.8) is 0 Å². The van der Waals surface area contributed by atoms with Crippen molar-refractivity contribution in [3.05, 3.63) is 18.3 Å². The fourth-order valence-electron chi connectivity index (χ4n) is 3.70. The maximum Gasteiger partial charge on any atom is 0.256 e. The lowest BCUT2D eigenvalue weighted by Gasteiger charge is -2.29. The van der Waals surface area contributed by atoms with Crippen LogP contribution in [0.2, 0.25) is 0 Å². The number of anilines is 1. The van der Waals surface area contributed by atoms with Gasteiger partial charge in [0.2, 0.25) is 5.88 Å². The van der Waals surface area contributed by atoms with Crippen LogP contribution >= 0.6 is 0 Å². The topological polar surface area (TPSA) is 63.7 Å². The van der Waals surface area contributed by atoms with Crippen LogP contribution in [0.25, 0.3) is 0 Å². The summed E-state index contributed by atoms with van der Waals surface area (Å²) in [7, 11) is 2.13. The summed E-state index contributed by atoms with van der Waals surface area (Å²) in [6.45, 7) is 4.59. The number of aromatic nitrogens is 1. The molecule has 1 amide bonds. The van der Waals surface area contributed by atoms with Crippen molar-refractivity contribution >= 4 is 11.6 Å². The number of carbonyl (C=O) groups is 1. The van der Waals surface area contributed by atoms with Crippen LogP contribution in [0.15, 0.2) is 18.3 Å². The van der Waals surface area contributed by atoms with Crippen LogP contribution < -0.4 is 10.1 Å². The first kappa shape index (κ1) is 18.1. The van der Waals surface area contributed by atoms with Crippen LogP contribution in [0.5, 0.6) is 5.88 Å². The van der Waals surface area contributed by atoms with Crippen molar-refractivity contribution in [1.29, 1.82) is 0 Å². The third-order valence-corrected chi connectivity index (χ3v) is 5.19. The van der Waals surface area contributed by atoms with E-state index in [2.05, 4.69) is 22.2 Å². The first-order chi connectivity index (χ1) is 12.1. The Morgan fingerprint density at radius 1 is 1.32 bits per heavy atom. The summed E-state index contributed by atoms with van der Waals surface area (Å²) < 4.78 is 11.7. The number of piperidine rings is 1.